The molecule has 0 saturated carbocycles. The normalized spacial score (nSPS) is 23.1. The lowest BCUT2D eigenvalue weighted by Crippen LogP contribution is -2.28. The molecule has 2 nitrogen and oxygen atoms in total. The highest BCUT2D eigenvalue weighted by Crippen LogP contribution is 2.28. The van der Waals surface area contributed by atoms with Gasteiger partial charge in [-0.3, -0.25) is 4.90 Å². The van der Waals surface area contributed by atoms with Gasteiger partial charge in [-0.05, 0) is 23.3 Å². The Morgan fingerprint density at radius 1 is 1.00 bits per heavy atom. The van der Waals surface area contributed by atoms with Gasteiger partial charge in [0.1, 0.15) is 0 Å². The lowest BCUT2D eigenvalue weighted by atomic mass is 9.95. The van der Waals surface area contributed by atoms with Crippen molar-refractivity contribution in [1.29, 1.82) is 0 Å². The number of hydrogen-bond donors (Lipinski definition) is 1. The summed E-state index contributed by atoms with van der Waals surface area (Å²) in [4.78, 5) is 2.45. The minimum Gasteiger partial charge on any atom is -0.326 e. The van der Waals surface area contributed by atoms with Gasteiger partial charge in [-0.2, -0.15) is 0 Å². The quantitative estimate of drug-likeness (QED) is 0.934. The van der Waals surface area contributed by atoms with Crippen LogP contribution in [0.1, 0.15) is 17.0 Å². The molecule has 0 spiro atoms. The highest BCUT2D eigenvalue weighted by atomic mass is 79.9. The van der Waals surface area contributed by atoms with Crippen LogP contribution in [0, 0.1) is 0 Å². The zero-order valence-corrected chi connectivity index (χ0v) is 13.0. The van der Waals surface area contributed by atoms with E-state index in [0.29, 0.717) is 5.92 Å². The van der Waals surface area contributed by atoms with Crippen molar-refractivity contribution in [1.82, 2.24) is 4.90 Å². The largest absolute Gasteiger partial charge is 0.326 e. The van der Waals surface area contributed by atoms with E-state index in [2.05, 4.69) is 75.4 Å². The Labute approximate surface area is 128 Å². The Balaban J connectivity index is 1.69. The molecule has 3 rings (SSSR count). The molecule has 2 N–H and O–H groups in total. The molecule has 104 valence electrons. The van der Waals surface area contributed by atoms with E-state index in [9.17, 15) is 0 Å². The maximum absolute atomic E-state index is 6.34. The van der Waals surface area contributed by atoms with Gasteiger partial charge in [-0.25, -0.2) is 0 Å². The molecule has 20 heavy (non-hydrogen) atoms. The summed E-state index contributed by atoms with van der Waals surface area (Å²) in [6.45, 7) is 2.99. The van der Waals surface area contributed by atoms with E-state index in [0.717, 1.165) is 24.1 Å². The number of halogens is 1. The SMILES string of the molecule is N[C@@H]1CN(Cc2ccccc2)C[C@H]1c1ccc(Br)cc1. The smallest absolute Gasteiger partial charge is 0.0250 e. The van der Waals surface area contributed by atoms with Crippen molar-refractivity contribution in [3.63, 3.8) is 0 Å². The van der Waals surface area contributed by atoms with E-state index in [1.54, 1.807) is 0 Å². The van der Waals surface area contributed by atoms with Crippen LogP contribution in [0.15, 0.2) is 59.1 Å². The lowest BCUT2D eigenvalue weighted by Gasteiger charge is -2.16. The summed E-state index contributed by atoms with van der Waals surface area (Å²) < 4.78 is 1.12. The van der Waals surface area contributed by atoms with Crippen molar-refractivity contribution in [3.05, 3.63) is 70.2 Å². The van der Waals surface area contributed by atoms with Gasteiger partial charge >= 0.3 is 0 Å². The van der Waals surface area contributed by atoms with Crippen LogP contribution in [-0.2, 0) is 6.54 Å². The van der Waals surface area contributed by atoms with Crippen LogP contribution in [0.5, 0.6) is 0 Å². The van der Waals surface area contributed by atoms with Crippen LogP contribution < -0.4 is 5.73 Å². The Morgan fingerprint density at radius 2 is 1.70 bits per heavy atom. The summed E-state index contributed by atoms with van der Waals surface area (Å²) in [5, 5.41) is 0. The fourth-order valence-electron chi connectivity index (χ4n) is 2.95. The number of hydrogen-bond acceptors (Lipinski definition) is 2. The number of rotatable bonds is 3. The van der Waals surface area contributed by atoms with Gasteiger partial charge < -0.3 is 5.73 Å². The van der Waals surface area contributed by atoms with E-state index in [1.165, 1.54) is 11.1 Å². The molecule has 1 aliphatic heterocycles. The minimum absolute atomic E-state index is 0.222. The summed E-state index contributed by atoms with van der Waals surface area (Å²) in [6.07, 6.45) is 0. The molecule has 0 bridgehead atoms. The molecule has 3 heteroatoms. The molecule has 2 aromatic carbocycles. The average molecular weight is 331 g/mol. The van der Waals surface area contributed by atoms with E-state index in [1.807, 2.05) is 0 Å². The first-order chi connectivity index (χ1) is 9.72. The molecule has 2 atom stereocenters. The number of likely N-dealkylation sites (tertiary alicyclic amines) is 1. The van der Waals surface area contributed by atoms with E-state index in [-0.39, 0.29) is 6.04 Å². The first kappa shape index (κ1) is 13.8. The van der Waals surface area contributed by atoms with Crippen molar-refractivity contribution in [2.45, 2.75) is 18.5 Å². The maximum atomic E-state index is 6.34. The second kappa shape index (κ2) is 6.08. The maximum Gasteiger partial charge on any atom is 0.0250 e. The molecule has 0 aliphatic carbocycles. The van der Waals surface area contributed by atoms with Crippen LogP contribution in [0.4, 0.5) is 0 Å². The van der Waals surface area contributed by atoms with E-state index < -0.39 is 0 Å². The third kappa shape index (κ3) is 3.11. The molecule has 1 fully saturated rings. The fourth-order valence-corrected chi connectivity index (χ4v) is 3.21. The zero-order chi connectivity index (χ0) is 13.9. The monoisotopic (exact) mass is 330 g/mol. The van der Waals surface area contributed by atoms with Crippen molar-refractivity contribution >= 4 is 15.9 Å². The highest BCUT2D eigenvalue weighted by molar-refractivity contribution is 9.10. The predicted octanol–water partition coefficient (Wildman–Crippen LogP) is 3.38. The topological polar surface area (TPSA) is 29.3 Å². The zero-order valence-electron chi connectivity index (χ0n) is 11.4. The molecular weight excluding hydrogens is 312 g/mol. The summed E-state index contributed by atoms with van der Waals surface area (Å²) in [7, 11) is 0. The second-order valence-corrected chi connectivity index (χ2v) is 6.42. The Bertz CT molecular complexity index is 553. The predicted molar refractivity (Wildman–Crippen MR) is 86.6 cm³/mol. The summed E-state index contributed by atoms with van der Waals surface area (Å²) in [5.74, 6) is 0.437. The van der Waals surface area contributed by atoms with Gasteiger partial charge in [-0.15, -0.1) is 0 Å². The average Bonchev–Trinajstić information content (AvgIpc) is 2.81. The van der Waals surface area contributed by atoms with Crippen molar-refractivity contribution < 1.29 is 0 Å². The fraction of sp³-hybridized carbons (Fsp3) is 0.294. The van der Waals surface area contributed by atoms with Crippen LogP contribution in [0.2, 0.25) is 0 Å². The van der Waals surface area contributed by atoms with Crippen LogP contribution in [0.25, 0.3) is 0 Å². The molecule has 0 aromatic heterocycles. The molecule has 0 radical (unpaired) electrons. The van der Waals surface area contributed by atoms with Gasteiger partial charge in [0.25, 0.3) is 0 Å². The summed E-state index contributed by atoms with van der Waals surface area (Å²) in [6, 6.07) is 19.4. The van der Waals surface area contributed by atoms with E-state index in [4.69, 9.17) is 5.73 Å². The molecule has 1 saturated heterocycles. The lowest BCUT2D eigenvalue weighted by molar-refractivity contribution is 0.324. The Morgan fingerprint density at radius 3 is 2.40 bits per heavy atom. The van der Waals surface area contributed by atoms with Crippen LogP contribution in [-0.4, -0.2) is 24.0 Å². The molecule has 0 amide bonds. The van der Waals surface area contributed by atoms with Crippen molar-refractivity contribution in [2.75, 3.05) is 13.1 Å². The number of benzene rings is 2. The Kier molecular flexibility index (Phi) is 4.20. The highest BCUT2D eigenvalue weighted by Gasteiger charge is 2.30. The molecular formula is C17H19BrN2. The van der Waals surface area contributed by atoms with Crippen LogP contribution in [0.3, 0.4) is 0 Å². The standard InChI is InChI=1S/C17H19BrN2/c18-15-8-6-14(7-9-15)16-11-20(12-17(16)19)10-13-4-2-1-3-5-13/h1-9,16-17H,10-12,19H2/t16-,17+/m0/s1. The first-order valence-electron chi connectivity index (χ1n) is 7.00. The van der Waals surface area contributed by atoms with Crippen molar-refractivity contribution in [3.8, 4) is 0 Å². The van der Waals surface area contributed by atoms with Gasteiger partial charge in [0, 0.05) is 36.1 Å². The number of nitrogens with zero attached hydrogens (tertiary/aromatic N) is 1. The third-order valence-corrected chi connectivity index (χ3v) is 4.52. The minimum atomic E-state index is 0.222. The third-order valence-electron chi connectivity index (χ3n) is 3.99. The van der Waals surface area contributed by atoms with E-state index >= 15 is 0 Å². The number of nitrogens with two attached hydrogens (primary N) is 1. The molecule has 1 heterocycles. The first-order valence-corrected chi connectivity index (χ1v) is 7.79. The van der Waals surface area contributed by atoms with Crippen molar-refractivity contribution in [2.24, 2.45) is 5.73 Å². The Hall–Kier alpha value is -1.16. The van der Waals surface area contributed by atoms with Gasteiger partial charge in [-0.1, -0.05) is 58.4 Å². The molecule has 1 aliphatic rings. The van der Waals surface area contributed by atoms with Crippen LogP contribution >= 0.6 is 15.9 Å². The molecule has 2 aromatic rings. The van der Waals surface area contributed by atoms with Gasteiger partial charge in [0.15, 0.2) is 0 Å². The molecule has 0 unspecified atom stereocenters. The van der Waals surface area contributed by atoms with Gasteiger partial charge in [0.05, 0.1) is 0 Å². The van der Waals surface area contributed by atoms with Gasteiger partial charge in [0.2, 0.25) is 0 Å². The summed E-state index contributed by atoms with van der Waals surface area (Å²) in [5.41, 5.74) is 9.04. The summed E-state index contributed by atoms with van der Waals surface area (Å²) >= 11 is 3.48. The second-order valence-electron chi connectivity index (χ2n) is 5.50.